The van der Waals surface area contributed by atoms with Gasteiger partial charge in [0.25, 0.3) is 12.9 Å². The number of ether oxygens (including phenoxy) is 4. The minimum absolute atomic E-state index is 0.0144. The van der Waals surface area contributed by atoms with Gasteiger partial charge in [0.05, 0.1) is 11.1 Å². The van der Waals surface area contributed by atoms with Crippen molar-refractivity contribution >= 4 is 25.1 Å². The fourth-order valence-corrected chi connectivity index (χ4v) is 3.08. The predicted molar refractivity (Wildman–Crippen MR) is 124 cm³/mol. The van der Waals surface area contributed by atoms with Gasteiger partial charge in [0.1, 0.15) is 25.4 Å². The molecular formula is C24H36N2O8. The first-order chi connectivity index (χ1) is 16.0. The van der Waals surface area contributed by atoms with Crippen molar-refractivity contribution in [2.45, 2.75) is 77.7 Å². The third-order valence-electron chi connectivity index (χ3n) is 5.29. The molecule has 34 heavy (non-hydrogen) atoms. The second kappa shape index (κ2) is 13.4. The van der Waals surface area contributed by atoms with Crippen molar-refractivity contribution in [3.63, 3.8) is 0 Å². The smallest absolute Gasteiger partial charge is 0.408 e. The lowest BCUT2D eigenvalue weighted by Gasteiger charge is -2.31. The highest BCUT2D eigenvalue weighted by Gasteiger charge is 2.29. The average Bonchev–Trinajstić information content (AvgIpc) is 2.78. The summed E-state index contributed by atoms with van der Waals surface area (Å²) in [6.07, 6.45) is -1.39. The Morgan fingerprint density at radius 2 is 1.21 bits per heavy atom. The minimum Gasteiger partial charge on any atom is -0.464 e. The number of carbonyl (C=O) groups is 4. The van der Waals surface area contributed by atoms with E-state index < -0.39 is 35.5 Å². The number of rotatable bonds is 14. The highest BCUT2D eigenvalue weighted by Crippen LogP contribution is 2.27. The van der Waals surface area contributed by atoms with Crippen molar-refractivity contribution in [1.29, 1.82) is 0 Å². The fourth-order valence-electron chi connectivity index (χ4n) is 3.08. The molecule has 0 saturated carbocycles. The molecule has 190 valence electrons. The zero-order valence-corrected chi connectivity index (χ0v) is 20.7. The number of alkyl carbamates (subject to hydrolysis) is 2. The molecule has 2 atom stereocenters. The van der Waals surface area contributed by atoms with E-state index in [-0.39, 0.29) is 13.2 Å². The van der Waals surface area contributed by atoms with E-state index in [0.29, 0.717) is 25.8 Å². The highest BCUT2D eigenvalue weighted by atomic mass is 16.6. The summed E-state index contributed by atoms with van der Waals surface area (Å²) in [5.41, 5.74) is -0.0266. The molecule has 10 nitrogen and oxygen atoms in total. The molecule has 0 aliphatic heterocycles. The van der Waals surface area contributed by atoms with Gasteiger partial charge >= 0.3 is 12.2 Å². The molecule has 0 aliphatic rings. The number of nitrogens with one attached hydrogen (secondary N) is 2. The number of benzene rings is 1. The molecule has 1 aromatic rings. The van der Waals surface area contributed by atoms with Crippen LogP contribution in [0.3, 0.4) is 0 Å². The molecule has 0 saturated heterocycles. The summed E-state index contributed by atoms with van der Waals surface area (Å²) in [6.45, 7) is 11.5. The first-order valence-corrected chi connectivity index (χ1v) is 11.2. The monoisotopic (exact) mass is 480 g/mol. The van der Waals surface area contributed by atoms with Crippen molar-refractivity contribution in [1.82, 2.24) is 10.6 Å². The Bertz CT molecular complexity index is 762. The maximum Gasteiger partial charge on any atom is 0.408 e. The lowest BCUT2D eigenvalue weighted by molar-refractivity contribution is -0.132. The second-order valence-electron chi connectivity index (χ2n) is 8.81. The Balaban J connectivity index is 2.89. The van der Waals surface area contributed by atoms with Crippen LogP contribution < -0.4 is 10.6 Å². The van der Waals surface area contributed by atoms with Crippen LogP contribution in [-0.2, 0) is 39.6 Å². The molecule has 0 radical (unpaired) electrons. The van der Waals surface area contributed by atoms with Crippen LogP contribution >= 0.6 is 0 Å². The van der Waals surface area contributed by atoms with Crippen LogP contribution in [0.2, 0.25) is 0 Å². The van der Waals surface area contributed by atoms with Crippen molar-refractivity contribution in [3.05, 3.63) is 35.4 Å². The molecule has 2 N–H and O–H groups in total. The molecule has 0 aliphatic carbocycles. The standard InChI is InChI=1S/C24H36N2O8/c1-7-19(13-31-15-27)33-21(29)25-23(3,4)17-10-9-11-18(12-17)24(5,6)26-22(30)34-20(8-2)14-32-16-28/h9-12,15-16,19-20H,7-8,13-14H2,1-6H3,(H,25,29)(H,26,30). The van der Waals surface area contributed by atoms with Crippen LogP contribution in [-0.4, -0.2) is 50.6 Å². The van der Waals surface area contributed by atoms with Gasteiger partial charge in [0, 0.05) is 0 Å². The predicted octanol–water partition coefficient (Wildman–Crippen LogP) is 3.51. The van der Waals surface area contributed by atoms with E-state index in [4.69, 9.17) is 9.47 Å². The van der Waals surface area contributed by atoms with Gasteiger partial charge in [-0.15, -0.1) is 0 Å². The quantitative estimate of drug-likeness (QED) is 0.306. The zero-order valence-electron chi connectivity index (χ0n) is 20.7. The number of hydrogen-bond donors (Lipinski definition) is 2. The van der Waals surface area contributed by atoms with Crippen molar-refractivity contribution in [2.24, 2.45) is 0 Å². The zero-order chi connectivity index (χ0) is 25.8. The Hall–Kier alpha value is -3.30. The van der Waals surface area contributed by atoms with Gasteiger partial charge in [0.2, 0.25) is 0 Å². The molecule has 0 spiro atoms. The van der Waals surface area contributed by atoms with Crippen molar-refractivity contribution in [3.8, 4) is 0 Å². The molecule has 0 bridgehead atoms. The Labute approximate surface area is 200 Å². The summed E-state index contributed by atoms with van der Waals surface area (Å²) >= 11 is 0. The fraction of sp³-hybridized carbons (Fsp3) is 0.583. The van der Waals surface area contributed by atoms with Crippen LogP contribution in [0.1, 0.15) is 65.5 Å². The SMILES string of the molecule is CCC(COC=O)OC(=O)NC(C)(C)c1cccc(C(C)(C)NC(=O)OC(CC)COC=O)c1. The molecule has 2 amide bonds. The molecule has 0 aromatic heterocycles. The van der Waals surface area contributed by atoms with E-state index in [1.165, 1.54) is 0 Å². The van der Waals surface area contributed by atoms with Gasteiger partial charge in [0.15, 0.2) is 0 Å². The molecular weight excluding hydrogens is 444 g/mol. The second-order valence-corrected chi connectivity index (χ2v) is 8.81. The lowest BCUT2D eigenvalue weighted by atomic mass is 9.87. The van der Waals surface area contributed by atoms with Crippen LogP contribution in [0.25, 0.3) is 0 Å². The summed E-state index contributed by atoms with van der Waals surface area (Å²) in [6, 6.07) is 7.41. The third kappa shape index (κ3) is 9.29. The molecule has 0 heterocycles. The van der Waals surface area contributed by atoms with E-state index in [1.807, 2.05) is 65.8 Å². The maximum atomic E-state index is 12.4. The van der Waals surface area contributed by atoms with Crippen LogP contribution in [0, 0.1) is 0 Å². The summed E-state index contributed by atoms with van der Waals surface area (Å²) < 4.78 is 20.1. The topological polar surface area (TPSA) is 129 Å². The first-order valence-electron chi connectivity index (χ1n) is 11.2. The van der Waals surface area contributed by atoms with E-state index in [1.54, 1.807) is 0 Å². The van der Waals surface area contributed by atoms with E-state index in [0.717, 1.165) is 11.1 Å². The molecule has 0 fully saturated rings. The first kappa shape index (κ1) is 28.7. The number of carbonyl (C=O) groups excluding carboxylic acids is 4. The Morgan fingerprint density at radius 3 is 1.53 bits per heavy atom. The third-order valence-corrected chi connectivity index (χ3v) is 5.29. The van der Waals surface area contributed by atoms with E-state index in [2.05, 4.69) is 20.1 Å². The van der Waals surface area contributed by atoms with Gasteiger partial charge in [-0.25, -0.2) is 9.59 Å². The van der Waals surface area contributed by atoms with Crippen LogP contribution in [0.5, 0.6) is 0 Å². The summed E-state index contributed by atoms with van der Waals surface area (Å²) in [4.78, 5) is 45.6. The van der Waals surface area contributed by atoms with Gasteiger partial charge in [-0.3, -0.25) is 9.59 Å². The normalized spacial score (nSPS) is 13.1. The molecule has 2 unspecified atom stereocenters. The van der Waals surface area contributed by atoms with Gasteiger partial charge in [-0.1, -0.05) is 38.1 Å². The van der Waals surface area contributed by atoms with Crippen LogP contribution in [0.15, 0.2) is 24.3 Å². The molecule has 10 heteroatoms. The Kier molecular flexibility index (Phi) is 11.3. The number of amides is 2. The summed E-state index contributed by atoms with van der Waals surface area (Å²) in [5.74, 6) is 0. The van der Waals surface area contributed by atoms with Crippen molar-refractivity contribution in [2.75, 3.05) is 13.2 Å². The van der Waals surface area contributed by atoms with Gasteiger partial charge < -0.3 is 29.6 Å². The highest BCUT2D eigenvalue weighted by molar-refractivity contribution is 5.69. The van der Waals surface area contributed by atoms with Crippen molar-refractivity contribution < 1.29 is 38.1 Å². The number of hydrogen-bond acceptors (Lipinski definition) is 8. The Morgan fingerprint density at radius 1 is 0.824 bits per heavy atom. The van der Waals surface area contributed by atoms with E-state index >= 15 is 0 Å². The van der Waals surface area contributed by atoms with Gasteiger partial charge in [-0.2, -0.15) is 0 Å². The largest absolute Gasteiger partial charge is 0.464 e. The molecule has 1 aromatic carbocycles. The van der Waals surface area contributed by atoms with E-state index in [9.17, 15) is 19.2 Å². The minimum atomic E-state index is -0.799. The maximum absolute atomic E-state index is 12.4. The summed E-state index contributed by atoms with van der Waals surface area (Å²) in [7, 11) is 0. The van der Waals surface area contributed by atoms with Crippen LogP contribution in [0.4, 0.5) is 9.59 Å². The lowest BCUT2D eigenvalue weighted by Crippen LogP contribution is -2.44. The summed E-state index contributed by atoms with van der Waals surface area (Å²) in [5, 5.41) is 5.65. The average molecular weight is 481 g/mol. The molecule has 1 rings (SSSR count). The van der Waals surface area contributed by atoms with Gasteiger partial charge in [-0.05, 0) is 51.7 Å².